The van der Waals surface area contributed by atoms with E-state index in [9.17, 15) is 9.18 Å². The third kappa shape index (κ3) is 2.85. The number of nitrogens with zero attached hydrogens (tertiary/aromatic N) is 3. The van der Waals surface area contributed by atoms with Crippen molar-refractivity contribution in [1.29, 1.82) is 0 Å². The van der Waals surface area contributed by atoms with Gasteiger partial charge in [-0.15, -0.1) is 16.4 Å². The number of fused-ring (bicyclic) bond motifs is 1. The number of thiophene rings is 1. The Balaban J connectivity index is 1.85. The number of hydrogen-bond acceptors (Lipinski definition) is 6. The minimum absolute atomic E-state index is 0.191. The van der Waals surface area contributed by atoms with Gasteiger partial charge in [-0.05, 0) is 31.5 Å². The second kappa shape index (κ2) is 5.88. The molecule has 3 aromatic heterocycles. The summed E-state index contributed by atoms with van der Waals surface area (Å²) in [5.41, 5.74) is 8.79. The Kier molecular flexibility index (Phi) is 3.91. The minimum atomic E-state index is -0.418. The second-order valence-electron chi connectivity index (χ2n) is 5.09. The molecule has 0 spiro atoms. The predicted octanol–water partition coefficient (Wildman–Crippen LogP) is 2.35. The van der Waals surface area contributed by atoms with Crippen LogP contribution in [0.15, 0.2) is 18.3 Å². The lowest BCUT2D eigenvalue weighted by Gasteiger charge is -2.04. The predicted molar refractivity (Wildman–Crippen MR) is 86.7 cm³/mol. The first-order valence-corrected chi connectivity index (χ1v) is 7.69. The molecule has 118 valence electrons. The molecule has 3 rings (SSSR count). The molecule has 8 heteroatoms. The number of pyridine rings is 1. The van der Waals surface area contributed by atoms with E-state index in [4.69, 9.17) is 5.73 Å². The Hall–Kier alpha value is -2.61. The van der Waals surface area contributed by atoms with Gasteiger partial charge in [-0.1, -0.05) is 0 Å². The van der Waals surface area contributed by atoms with Crippen LogP contribution in [-0.4, -0.2) is 21.1 Å². The average Bonchev–Trinajstić information content (AvgIpc) is 2.88. The van der Waals surface area contributed by atoms with Crippen molar-refractivity contribution in [3.05, 3.63) is 46.0 Å². The van der Waals surface area contributed by atoms with E-state index in [2.05, 4.69) is 20.5 Å². The number of halogens is 1. The Morgan fingerprint density at radius 3 is 2.83 bits per heavy atom. The van der Waals surface area contributed by atoms with Crippen molar-refractivity contribution < 1.29 is 9.18 Å². The normalized spacial score (nSPS) is 10.9. The van der Waals surface area contributed by atoms with Crippen molar-refractivity contribution in [3.8, 4) is 0 Å². The van der Waals surface area contributed by atoms with Gasteiger partial charge in [0, 0.05) is 5.39 Å². The smallest absolute Gasteiger partial charge is 0.263 e. The highest BCUT2D eigenvalue weighted by molar-refractivity contribution is 7.21. The summed E-state index contributed by atoms with van der Waals surface area (Å²) in [6.07, 6.45) is 1.11. The molecule has 3 heterocycles. The summed E-state index contributed by atoms with van der Waals surface area (Å²) >= 11 is 1.20. The van der Waals surface area contributed by atoms with Crippen LogP contribution in [0, 0.1) is 19.7 Å². The van der Waals surface area contributed by atoms with Crippen LogP contribution in [0.2, 0.25) is 0 Å². The summed E-state index contributed by atoms with van der Waals surface area (Å²) < 4.78 is 12.8. The Bertz CT molecular complexity index is 891. The number of anilines is 1. The van der Waals surface area contributed by atoms with Crippen molar-refractivity contribution >= 4 is 33.1 Å². The summed E-state index contributed by atoms with van der Waals surface area (Å²) in [6, 6.07) is 2.81. The number of nitrogens with two attached hydrogens (primary N) is 1. The Morgan fingerprint density at radius 1 is 1.35 bits per heavy atom. The largest absolute Gasteiger partial charge is 0.397 e. The van der Waals surface area contributed by atoms with E-state index in [0.29, 0.717) is 21.1 Å². The first-order chi connectivity index (χ1) is 11.0. The van der Waals surface area contributed by atoms with Crippen LogP contribution < -0.4 is 11.1 Å². The second-order valence-corrected chi connectivity index (χ2v) is 6.08. The van der Waals surface area contributed by atoms with Crippen LogP contribution in [-0.2, 0) is 6.54 Å². The van der Waals surface area contributed by atoms with Gasteiger partial charge in [0.05, 0.1) is 29.8 Å². The number of rotatable bonds is 3. The van der Waals surface area contributed by atoms with Gasteiger partial charge >= 0.3 is 0 Å². The number of nitrogens with one attached hydrogen (secondary N) is 1. The van der Waals surface area contributed by atoms with Gasteiger partial charge in [-0.3, -0.25) is 9.78 Å². The van der Waals surface area contributed by atoms with Gasteiger partial charge in [0.1, 0.15) is 15.5 Å². The summed E-state index contributed by atoms with van der Waals surface area (Å²) in [7, 11) is 0. The van der Waals surface area contributed by atoms with Gasteiger partial charge in [0.2, 0.25) is 0 Å². The minimum Gasteiger partial charge on any atom is -0.397 e. The summed E-state index contributed by atoms with van der Waals surface area (Å²) in [5, 5.41) is 11.6. The van der Waals surface area contributed by atoms with Crippen LogP contribution in [0.4, 0.5) is 10.1 Å². The van der Waals surface area contributed by atoms with Crippen molar-refractivity contribution in [2.75, 3.05) is 5.73 Å². The van der Waals surface area contributed by atoms with E-state index in [1.165, 1.54) is 23.5 Å². The van der Waals surface area contributed by atoms with E-state index in [-0.39, 0.29) is 12.5 Å². The first kappa shape index (κ1) is 15.3. The number of aryl methyl sites for hydroxylation is 2. The molecule has 0 saturated carbocycles. The molecule has 0 fully saturated rings. The monoisotopic (exact) mass is 331 g/mol. The molecule has 0 atom stereocenters. The molecular weight excluding hydrogens is 317 g/mol. The topological polar surface area (TPSA) is 93.8 Å². The van der Waals surface area contributed by atoms with Crippen molar-refractivity contribution in [2.45, 2.75) is 20.4 Å². The highest BCUT2D eigenvalue weighted by Gasteiger charge is 2.19. The fraction of sp³-hybridized carbons (Fsp3) is 0.200. The summed E-state index contributed by atoms with van der Waals surface area (Å²) in [4.78, 5) is 17.3. The molecule has 6 nitrogen and oxygen atoms in total. The molecule has 0 aromatic carbocycles. The number of carbonyl (C=O) groups excluding carboxylic acids is 1. The molecule has 0 aliphatic rings. The van der Waals surface area contributed by atoms with Gasteiger partial charge in [-0.2, -0.15) is 5.10 Å². The van der Waals surface area contributed by atoms with E-state index in [1.54, 1.807) is 0 Å². The molecule has 0 aliphatic heterocycles. The summed E-state index contributed by atoms with van der Waals surface area (Å²) in [6.45, 7) is 3.94. The van der Waals surface area contributed by atoms with Gasteiger partial charge in [0.25, 0.3) is 5.91 Å². The maximum absolute atomic E-state index is 12.8. The number of hydrogen-bond donors (Lipinski definition) is 2. The molecule has 3 N–H and O–H groups in total. The third-order valence-electron chi connectivity index (χ3n) is 3.56. The molecule has 0 bridgehead atoms. The lowest BCUT2D eigenvalue weighted by Crippen LogP contribution is -2.23. The Labute approximate surface area is 135 Å². The van der Waals surface area contributed by atoms with Crippen LogP contribution in [0.5, 0.6) is 0 Å². The average molecular weight is 331 g/mol. The van der Waals surface area contributed by atoms with Crippen LogP contribution >= 0.6 is 11.3 Å². The first-order valence-electron chi connectivity index (χ1n) is 6.88. The van der Waals surface area contributed by atoms with Gasteiger partial charge in [-0.25, -0.2) is 4.39 Å². The van der Waals surface area contributed by atoms with E-state index in [0.717, 1.165) is 22.8 Å². The fourth-order valence-electron chi connectivity index (χ4n) is 2.17. The third-order valence-corrected chi connectivity index (χ3v) is 4.65. The van der Waals surface area contributed by atoms with E-state index in [1.807, 2.05) is 13.8 Å². The maximum Gasteiger partial charge on any atom is 0.263 e. The van der Waals surface area contributed by atoms with Crippen LogP contribution in [0.1, 0.15) is 26.6 Å². The molecule has 23 heavy (non-hydrogen) atoms. The highest BCUT2D eigenvalue weighted by Crippen LogP contribution is 2.34. The molecule has 3 aromatic rings. The zero-order valence-electron chi connectivity index (χ0n) is 12.6. The zero-order valence-corrected chi connectivity index (χ0v) is 13.4. The lowest BCUT2D eigenvalue weighted by atomic mass is 10.1. The van der Waals surface area contributed by atoms with Crippen molar-refractivity contribution in [2.24, 2.45) is 0 Å². The van der Waals surface area contributed by atoms with Crippen molar-refractivity contribution in [1.82, 2.24) is 20.5 Å². The highest BCUT2D eigenvalue weighted by atomic mass is 32.1. The van der Waals surface area contributed by atoms with Crippen molar-refractivity contribution in [3.63, 3.8) is 0 Å². The van der Waals surface area contributed by atoms with E-state index < -0.39 is 5.82 Å². The molecule has 0 radical (unpaired) electrons. The molecule has 1 amide bonds. The SMILES string of the molecule is Cc1nnc2sc(C(=O)NCc3ccc(F)cn3)c(N)c2c1C. The number of aromatic nitrogens is 3. The van der Waals surface area contributed by atoms with Crippen LogP contribution in [0.25, 0.3) is 10.2 Å². The molecular formula is C15H14FN5OS. The lowest BCUT2D eigenvalue weighted by molar-refractivity contribution is 0.0955. The summed E-state index contributed by atoms with van der Waals surface area (Å²) in [5.74, 6) is -0.730. The van der Waals surface area contributed by atoms with Gasteiger partial charge < -0.3 is 11.1 Å². The molecule has 0 aliphatic carbocycles. The zero-order chi connectivity index (χ0) is 16.6. The molecule has 0 saturated heterocycles. The van der Waals surface area contributed by atoms with Gasteiger partial charge in [0.15, 0.2) is 0 Å². The number of nitrogen functional groups attached to an aromatic ring is 1. The molecule has 0 unspecified atom stereocenters. The Morgan fingerprint density at radius 2 is 2.13 bits per heavy atom. The fourth-order valence-corrected chi connectivity index (χ4v) is 3.19. The number of amides is 1. The standard InChI is InChI=1S/C15H14FN5OS/c1-7-8(2)20-21-15-11(7)12(17)13(23-15)14(22)19-6-10-4-3-9(16)5-18-10/h3-5H,6,17H2,1-2H3,(H,19,22). The quantitative estimate of drug-likeness (QED) is 0.768. The number of carbonyl (C=O) groups is 1. The van der Waals surface area contributed by atoms with Crippen LogP contribution in [0.3, 0.4) is 0 Å². The van der Waals surface area contributed by atoms with E-state index >= 15 is 0 Å². The maximum atomic E-state index is 12.8.